The minimum Gasteiger partial charge on any atom is -0.508 e. The summed E-state index contributed by atoms with van der Waals surface area (Å²) in [7, 11) is 3.00. The van der Waals surface area contributed by atoms with Gasteiger partial charge in [0.1, 0.15) is 5.75 Å². The van der Waals surface area contributed by atoms with Gasteiger partial charge in [-0.15, -0.1) is 0 Å². The monoisotopic (exact) mass is 287 g/mol. The third kappa shape index (κ3) is 3.25. The number of nitrogens with one attached hydrogen (secondary N) is 1. The first-order chi connectivity index (χ1) is 10.2. The predicted molar refractivity (Wildman–Crippen MR) is 78.8 cm³/mol. The molecule has 0 aliphatic heterocycles. The van der Waals surface area contributed by atoms with Gasteiger partial charge in [-0.3, -0.25) is 4.79 Å². The molecule has 0 heterocycles. The molecule has 0 atom stereocenters. The van der Waals surface area contributed by atoms with Gasteiger partial charge in [0.05, 0.1) is 19.8 Å². The SMILES string of the molecule is COc1cccc(C(=O)NCc2ccccc2O)c1OC. The van der Waals surface area contributed by atoms with Crippen LogP contribution in [0.1, 0.15) is 15.9 Å². The van der Waals surface area contributed by atoms with Gasteiger partial charge in [-0.2, -0.15) is 0 Å². The van der Waals surface area contributed by atoms with E-state index in [9.17, 15) is 9.90 Å². The Morgan fingerprint density at radius 2 is 1.86 bits per heavy atom. The quantitative estimate of drug-likeness (QED) is 0.885. The number of carbonyl (C=O) groups excluding carboxylic acids is 1. The number of para-hydroxylation sites is 2. The minimum atomic E-state index is -0.297. The third-order valence-electron chi connectivity index (χ3n) is 3.08. The summed E-state index contributed by atoms with van der Waals surface area (Å²) in [5.41, 5.74) is 1.03. The number of ether oxygens (including phenoxy) is 2. The summed E-state index contributed by atoms with van der Waals surface area (Å²) in [5.74, 6) is 0.729. The number of hydrogen-bond acceptors (Lipinski definition) is 4. The summed E-state index contributed by atoms with van der Waals surface area (Å²) in [6.45, 7) is 0.228. The molecule has 5 nitrogen and oxygen atoms in total. The highest BCUT2D eigenvalue weighted by Crippen LogP contribution is 2.30. The molecule has 2 aromatic rings. The van der Waals surface area contributed by atoms with Gasteiger partial charge in [-0.25, -0.2) is 0 Å². The summed E-state index contributed by atoms with van der Waals surface area (Å²) < 4.78 is 10.4. The van der Waals surface area contributed by atoms with Gasteiger partial charge in [0, 0.05) is 12.1 Å². The second kappa shape index (κ2) is 6.65. The van der Waals surface area contributed by atoms with E-state index >= 15 is 0 Å². The summed E-state index contributed by atoms with van der Waals surface area (Å²) in [5, 5.41) is 12.4. The molecule has 0 saturated carbocycles. The van der Waals surface area contributed by atoms with Crippen LogP contribution in [0.5, 0.6) is 17.2 Å². The van der Waals surface area contributed by atoms with E-state index < -0.39 is 0 Å². The van der Waals surface area contributed by atoms with Crippen molar-refractivity contribution in [3.8, 4) is 17.2 Å². The molecule has 0 saturated heterocycles. The van der Waals surface area contributed by atoms with Gasteiger partial charge >= 0.3 is 0 Å². The average Bonchev–Trinajstić information content (AvgIpc) is 2.52. The number of aromatic hydroxyl groups is 1. The van der Waals surface area contributed by atoms with Gasteiger partial charge in [0.25, 0.3) is 5.91 Å². The number of carbonyl (C=O) groups is 1. The third-order valence-corrected chi connectivity index (χ3v) is 3.08. The molecule has 2 rings (SSSR count). The molecule has 0 aromatic heterocycles. The van der Waals surface area contributed by atoms with Crippen LogP contribution in [0.15, 0.2) is 42.5 Å². The lowest BCUT2D eigenvalue weighted by Gasteiger charge is -2.12. The van der Waals surface area contributed by atoms with Gasteiger partial charge in [0.15, 0.2) is 11.5 Å². The molecule has 21 heavy (non-hydrogen) atoms. The van der Waals surface area contributed by atoms with Crippen LogP contribution in [0.3, 0.4) is 0 Å². The first-order valence-corrected chi connectivity index (χ1v) is 6.43. The first kappa shape index (κ1) is 14.7. The number of methoxy groups -OCH3 is 2. The molecule has 0 aliphatic carbocycles. The molecule has 1 amide bonds. The number of rotatable bonds is 5. The van der Waals surface area contributed by atoms with Crippen LogP contribution in [0.25, 0.3) is 0 Å². The van der Waals surface area contributed by atoms with Crippen molar-refractivity contribution in [2.75, 3.05) is 14.2 Å². The van der Waals surface area contributed by atoms with Crippen LogP contribution in [0.4, 0.5) is 0 Å². The molecule has 0 radical (unpaired) electrons. The second-order valence-electron chi connectivity index (χ2n) is 4.35. The highest BCUT2D eigenvalue weighted by molar-refractivity contribution is 5.97. The molecule has 2 N–H and O–H groups in total. The number of phenols is 1. The van der Waals surface area contributed by atoms with Crippen LogP contribution >= 0.6 is 0 Å². The van der Waals surface area contributed by atoms with Gasteiger partial charge in [-0.05, 0) is 18.2 Å². The zero-order valence-corrected chi connectivity index (χ0v) is 11.9. The predicted octanol–water partition coefficient (Wildman–Crippen LogP) is 2.34. The topological polar surface area (TPSA) is 67.8 Å². The summed E-state index contributed by atoms with van der Waals surface area (Å²) in [6.07, 6.45) is 0. The highest BCUT2D eigenvalue weighted by Gasteiger charge is 2.16. The van der Waals surface area contributed by atoms with Crippen LogP contribution in [-0.2, 0) is 6.54 Å². The fraction of sp³-hybridized carbons (Fsp3) is 0.188. The fourth-order valence-corrected chi connectivity index (χ4v) is 2.00. The standard InChI is InChI=1S/C16H17NO4/c1-20-14-9-5-7-12(15(14)21-2)16(19)17-10-11-6-3-4-8-13(11)18/h3-9,18H,10H2,1-2H3,(H,17,19). The Labute approximate surface area is 123 Å². The van der Waals surface area contributed by atoms with Gasteiger partial charge in [-0.1, -0.05) is 24.3 Å². The molecule has 0 aliphatic rings. The number of phenolic OH excluding ortho intramolecular Hbond substituents is 1. The average molecular weight is 287 g/mol. The largest absolute Gasteiger partial charge is 0.508 e. The van der Waals surface area contributed by atoms with Crippen LogP contribution in [0, 0.1) is 0 Å². The normalized spacial score (nSPS) is 10.0. The Kier molecular flexibility index (Phi) is 4.66. The van der Waals surface area contributed by atoms with Crippen molar-refractivity contribution in [3.05, 3.63) is 53.6 Å². The van der Waals surface area contributed by atoms with Gasteiger partial charge < -0.3 is 19.9 Å². The van der Waals surface area contributed by atoms with E-state index in [4.69, 9.17) is 9.47 Å². The van der Waals surface area contributed by atoms with E-state index in [-0.39, 0.29) is 18.2 Å². The van der Waals surface area contributed by atoms with E-state index in [1.807, 2.05) is 0 Å². The first-order valence-electron chi connectivity index (χ1n) is 6.43. The van der Waals surface area contributed by atoms with Crippen molar-refractivity contribution in [2.45, 2.75) is 6.54 Å². The fourth-order valence-electron chi connectivity index (χ4n) is 2.00. The second-order valence-corrected chi connectivity index (χ2v) is 4.35. The number of hydrogen-bond donors (Lipinski definition) is 2. The lowest BCUT2D eigenvalue weighted by Crippen LogP contribution is -2.23. The number of amides is 1. The molecule has 0 fully saturated rings. The van der Waals surface area contributed by atoms with Crippen LogP contribution < -0.4 is 14.8 Å². The molecule has 5 heteroatoms. The van der Waals surface area contributed by atoms with Crippen molar-refractivity contribution in [1.29, 1.82) is 0 Å². The lowest BCUT2D eigenvalue weighted by atomic mass is 10.1. The van der Waals surface area contributed by atoms with E-state index in [0.717, 1.165) is 0 Å². The Morgan fingerprint density at radius 3 is 2.52 bits per heavy atom. The summed E-state index contributed by atoms with van der Waals surface area (Å²) in [6, 6.07) is 11.9. The van der Waals surface area contributed by atoms with Crippen molar-refractivity contribution in [3.63, 3.8) is 0 Å². The Morgan fingerprint density at radius 1 is 1.10 bits per heavy atom. The molecule has 110 valence electrons. The maximum Gasteiger partial charge on any atom is 0.255 e. The Bertz CT molecular complexity index is 640. The zero-order chi connectivity index (χ0) is 15.2. The smallest absolute Gasteiger partial charge is 0.255 e. The van der Waals surface area contributed by atoms with E-state index in [1.54, 1.807) is 42.5 Å². The zero-order valence-electron chi connectivity index (χ0n) is 11.9. The lowest BCUT2D eigenvalue weighted by molar-refractivity contribution is 0.0947. The maximum absolute atomic E-state index is 12.2. The summed E-state index contributed by atoms with van der Waals surface area (Å²) in [4.78, 5) is 12.2. The van der Waals surface area contributed by atoms with E-state index in [1.165, 1.54) is 14.2 Å². The van der Waals surface area contributed by atoms with Crippen LogP contribution in [0.2, 0.25) is 0 Å². The molecular formula is C16H17NO4. The van der Waals surface area contributed by atoms with Crippen molar-refractivity contribution >= 4 is 5.91 Å². The maximum atomic E-state index is 12.2. The minimum absolute atomic E-state index is 0.149. The van der Waals surface area contributed by atoms with Crippen molar-refractivity contribution < 1.29 is 19.4 Å². The molecule has 0 unspecified atom stereocenters. The van der Waals surface area contributed by atoms with E-state index in [2.05, 4.69) is 5.32 Å². The van der Waals surface area contributed by atoms with Crippen molar-refractivity contribution in [1.82, 2.24) is 5.32 Å². The van der Waals surface area contributed by atoms with Crippen molar-refractivity contribution in [2.24, 2.45) is 0 Å². The molecule has 0 spiro atoms. The van der Waals surface area contributed by atoms with E-state index in [0.29, 0.717) is 22.6 Å². The van der Waals surface area contributed by atoms with Gasteiger partial charge in [0.2, 0.25) is 0 Å². The Hall–Kier alpha value is -2.69. The molecular weight excluding hydrogens is 270 g/mol. The highest BCUT2D eigenvalue weighted by atomic mass is 16.5. The Balaban J connectivity index is 2.16. The summed E-state index contributed by atoms with van der Waals surface area (Å²) >= 11 is 0. The molecule has 0 bridgehead atoms. The number of benzene rings is 2. The van der Waals surface area contributed by atoms with Crippen LogP contribution in [-0.4, -0.2) is 25.2 Å². The molecule has 2 aromatic carbocycles.